The van der Waals surface area contributed by atoms with Gasteiger partial charge in [-0.3, -0.25) is 9.36 Å². The van der Waals surface area contributed by atoms with Crippen molar-refractivity contribution in [2.24, 2.45) is 0 Å². The van der Waals surface area contributed by atoms with E-state index in [1.54, 1.807) is 38.4 Å². The fraction of sp³-hybridized carbons (Fsp3) is 0.333. The summed E-state index contributed by atoms with van der Waals surface area (Å²) >= 11 is 0. The number of cyclic esters (lactones) is 1. The zero-order valence-corrected chi connectivity index (χ0v) is 9.67. The van der Waals surface area contributed by atoms with Crippen molar-refractivity contribution in [1.82, 2.24) is 4.57 Å². The molecule has 0 aliphatic carbocycles. The monoisotopic (exact) mass is 235 g/mol. The van der Waals surface area contributed by atoms with Crippen LogP contribution in [0.3, 0.4) is 0 Å². The van der Waals surface area contributed by atoms with E-state index < -0.39 is 11.8 Å². The molecule has 90 valence electrons. The highest BCUT2D eigenvalue weighted by atomic mass is 16.7. The summed E-state index contributed by atoms with van der Waals surface area (Å²) in [6.07, 6.45) is 4.53. The molecule has 0 radical (unpaired) electrons. The Kier molecular flexibility index (Phi) is 2.75. The first-order chi connectivity index (χ1) is 7.96. The summed E-state index contributed by atoms with van der Waals surface area (Å²) in [5.41, 5.74) is 0. The maximum atomic E-state index is 11.8. The van der Waals surface area contributed by atoms with Crippen LogP contribution in [0.4, 0.5) is 0 Å². The van der Waals surface area contributed by atoms with Crippen LogP contribution < -0.4 is 0 Å². The van der Waals surface area contributed by atoms with Crippen molar-refractivity contribution < 1.29 is 19.1 Å². The number of ether oxygens (including phenoxy) is 2. The van der Waals surface area contributed by atoms with Gasteiger partial charge in [0.15, 0.2) is 0 Å². The predicted molar refractivity (Wildman–Crippen MR) is 59.0 cm³/mol. The van der Waals surface area contributed by atoms with Gasteiger partial charge in [0.25, 0.3) is 0 Å². The number of hydrogen-bond donors (Lipinski definition) is 0. The van der Waals surface area contributed by atoms with Gasteiger partial charge in [-0.25, -0.2) is 4.79 Å². The van der Waals surface area contributed by atoms with E-state index in [2.05, 4.69) is 0 Å². The second kappa shape index (κ2) is 4.08. The largest absolute Gasteiger partial charge is 0.456 e. The predicted octanol–water partition coefficient (Wildman–Crippen LogP) is 1.71. The first kappa shape index (κ1) is 11.4. The topological polar surface area (TPSA) is 57.5 Å². The number of carbonyl (C=O) groups excluding carboxylic acids is 2. The normalized spacial score (nSPS) is 18.0. The Morgan fingerprint density at radius 2 is 1.94 bits per heavy atom. The van der Waals surface area contributed by atoms with Crippen LogP contribution in [0.15, 0.2) is 36.4 Å². The van der Waals surface area contributed by atoms with E-state index in [-0.39, 0.29) is 12.3 Å². The lowest BCUT2D eigenvalue weighted by molar-refractivity contribution is -0.205. The molecule has 17 heavy (non-hydrogen) atoms. The molecule has 1 aromatic heterocycles. The fourth-order valence-electron chi connectivity index (χ4n) is 1.60. The Labute approximate surface area is 98.6 Å². The molecule has 1 aliphatic heterocycles. The van der Waals surface area contributed by atoms with Gasteiger partial charge in [-0.2, -0.15) is 0 Å². The van der Waals surface area contributed by atoms with Gasteiger partial charge in [0.05, 0.1) is 12.5 Å². The van der Waals surface area contributed by atoms with Gasteiger partial charge in [-0.1, -0.05) is 0 Å². The molecule has 0 unspecified atom stereocenters. The maximum Gasteiger partial charge on any atom is 0.337 e. The van der Waals surface area contributed by atoms with Crippen molar-refractivity contribution in [3.63, 3.8) is 0 Å². The van der Waals surface area contributed by atoms with Gasteiger partial charge in [0.1, 0.15) is 5.76 Å². The van der Waals surface area contributed by atoms with Gasteiger partial charge >= 0.3 is 5.97 Å². The lowest BCUT2D eigenvalue weighted by Crippen LogP contribution is -2.35. The average Bonchev–Trinajstić information content (AvgIpc) is 2.65. The Balaban J connectivity index is 2.09. The summed E-state index contributed by atoms with van der Waals surface area (Å²) in [6, 6.07) is 3.51. The summed E-state index contributed by atoms with van der Waals surface area (Å²) in [5, 5.41) is 0. The van der Waals surface area contributed by atoms with Crippen LogP contribution in [0.5, 0.6) is 0 Å². The third kappa shape index (κ3) is 2.75. The van der Waals surface area contributed by atoms with Crippen LogP contribution in [0.2, 0.25) is 0 Å². The SMILES string of the molecule is CC1(C)OC(=O)C=C(CC(=O)n2cccc2)O1. The van der Waals surface area contributed by atoms with Crippen molar-refractivity contribution in [3.8, 4) is 0 Å². The summed E-state index contributed by atoms with van der Waals surface area (Å²) in [5.74, 6) is -1.34. The molecule has 0 N–H and O–H groups in total. The molecule has 0 saturated carbocycles. The van der Waals surface area contributed by atoms with Crippen LogP contribution in [-0.4, -0.2) is 22.2 Å². The molecule has 1 aromatic rings. The van der Waals surface area contributed by atoms with Crippen molar-refractivity contribution in [2.75, 3.05) is 0 Å². The number of aromatic nitrogens is 1. The van der Waals surface area contributed by atoms with E-state index >= 15 is 0 Å². The molecule has 0 saturated heterocycles. The third-order valence-corrected chi connectivity index (χ3v) is 2.22. The molecular formula is C12H13NO4. The van der Waals surface area contributed by atoms with Crippen LogP contribution in [0.1, 0.15) is 25.1 Å². The van der Waals surface area contributed by atoms with Crippen LogP contribution in [0, 0.1) is 0 Å². The number of nitrogens with zero attached hydrogens (tertiary/aromatic N) is 1. The van der Waals surface area contributed by atoms with Crippen LogP contribution >= 0.6 is 0 Å². The molecule has 5 heteroatoms. The highest BCUT2D eigenvalue weighted by Crippen LogP contribution is 2.24. The zero-order chi connectivity index (χ0) is 12.5. The van der Waals surface area contributed by atoms with E-state index in [1.165, 1.54) is 10.6 Å². The Morgan fingerprint density at radius 1 is 1.29 bits per heavy atom. The fourth-order valence-corrected chi connectivity index (χ4v) is 1.60. The lowest BCUT2D eigenvalue weighted by atomic mass is 10.2. The van der Waals surface area contributed by atoms with Gasteiger partial charge in [-0.05, 0) is 12.1 Å². The minimum Gasteiger partial charge on any atom is -0.456 e. The lowest BCUT2D eigenvalue weighted by Gasteiger charge is -2.30. The van der Waals surface area contributed by atoms with E-state index in [1.807, 2.05) is 0 Å². The van der Waals surface area contributed by atoms with E-state index in [4.69, 9.17) is 9.47 Å². The van der Waals surface area contributed by atoms with Crippen molar-refractivity contribution in [3.05, 3.63) is 36.4 Å². The molecule has 0 atom stereocenters. The Hall–Kier alpha value is -2.04. The van der Waals surface area contributed by atoms with E-state index in [0.29, 0.717) is 5.76 Å². The first-order valence-corrected chi connectivity index (χ1v) is 5.25. The van der Waals surface area contributed by atoms with E-state index in [0.717, 1.165) is 0 Å². The molecule has 0 aromatic carbocycles. The molecule has 2 heterocycles. The summed E-state index contributed by atoms with van der Waals surface area (Å²) in [4.78, 5) is 23.0. The number of carbonyl (C=O) groups is 2. The second-order valence-corrected chi connectivity index (χ2v) is 4.19. The number of allylic oxidation sites excluding steroid dienone is 1. The molecule has 2 rings (SSSR count). The van der Waals surface area contributed by atoms with Crippen molar-refractivity contribution >= 4 is 11.9 Å². The zero-order valence-electron chi connectivity index (χ0n) is 9.67. The highest BCUT2D eigenvalue weighted by molar-refractivity contribution is 5.86. The van der Waals surface area contributed by atoms with Gasteiger partial charge in [0, 0.05) is 26.2 Å². The van der Waals surface area contributed by atoms with Gasteiger partial charge in [-0.15, -0.1) is 0 Å². The summed E-state index contributed by atoms with van der Waals surface area (Å²) < 4.78 is 11.8. The maximum absolute atomic E-state index is 11.8. The molecular weight excluding hydrogens is 222 g/mol. The smallest absolute Gasteiger partial charge is 0.337 e. The Bertz CT molecular complexity index is 471. The van der Waals surface area contributed by atoms with Crippen LogP contribution in [-0.2, 0) is 14.3 Å². The summed E-state index contributed by atoms with van der Waals surface area (Å²) in [7, 11) is 0. The van der Waals surface area contributed by atoms with E-state index in [9.17, 15) is 9.59 Å². The minimum absolute atomic E-state index is 0.0349. The standard InChI is InChI=1S/C12H13NO4/c1-12(2)16-9(8-11(15)17-12)7-10(14)13-5-3-4-6-13/h3-6,8H,7H2,1-2H3. The van der Waals surface area contributed by atoms with Crippen molar-refractivity contribution in [2.45, 2.75) is 26.1 Å². The van der Waals surface area contributed by atoms with Crippen LogP contribution in [0.25, 0.3) is 0 Å². The second-order valence-electron chi connectivity index (χ2n) is 4.19. The number of esters is 1. The highest BCUT2D eigenvalue weighted by Gasteiger charge is 2.30. The minimum atomic E-state index is -1.02. The van der Waals surface area contributed by atoms with Gasteiger partial charge in [0.2, 0.25) is 11.7 Å². The van der Waals surface area contributed by atoms with Gasteiger partial charge < -0.3 is 9.47 Å². The number of hydrogen-bond acceptors (Lipinski definition) is 4. The molecule has 5 nitrogen and oxygen atoms in total. The molecule has 0 amide bonds. The average molecular weight is 235 g/mol. The molecule has 0 bridgehead atoms. The molecule has 0 spiro atoms. The molecule has 1 aliphatic rings. The summed E-state index contributed by atoms with van der Waals surface area (Å²) in [6.45, 7) is 3.25. The van der Waals surface area contributed by atoms with Crippen molar-refractivity contribution in [1.29, 1.82) is 0 Å². The Morgan fingerprint density at radius 3 is 2.53 bits per heavy atom. The third-order valence-electron chi connectivity index (χ3n) is 2.22. The first-order valence-electron chi connectivity index (χ1n) is 5.25. The quantitative estimate of drug-likeness (QED) is 0.732. The number of rotatable bonds is 2. The molecule has 0 fully saturated rings.